The van der Waals surface area contributed by atoms with Crippen LogP contribution in [0.25, 0.3) is 0 Å². The first-order valence-corrected chi connectivity index (χ1v) is 5.63. The number of para-hydroxylation sites is 1. The molecule has 3 atom stereocenters. The van der Waals surface area contributed by atoms with Crippen molar-refractivity contribution in [3.05, 3.63) is 30.3 Å². The van der Waals surface area contributed by atoms with Gasteiger partial charge in [-0.05, 0) is 49.7 Å². The van der Waals surface area contributed by atoms with Crippen LogP contribution < -0.4 is 4.74 Å². The molecule has 0 aromatic heterocycles. The SMILES string of the molecule is c1ccc(O[C@H]2C[C@@H]3CC[C@H]2C3)cc1. The summed E-state index contributed by atoms with van der Waals surface area (Å²) in [7, 11) is 0. The quantitative estimate of drug-likeness (QED) is 0.692. The third-order valence-corrected chi connectivity index (χ3v) is 3.70. The van der Waals surface area contributed by atoms with E-state index in [9.17, 15) is 0 Å². The lowest BCUT2D eigenvalue weighted by Gasteiger charge is -2.22. The van der Waals surface area contributed by atoms with Crippen LogP contribution in [0.4, 0.5) is 0 Å². The second-order valence-electron chi connectivity index (χ2n) is 4.64. The molecule has 0 radical (unpaired) electrons. The fourth-order valence-electron chi connectivity index (χ4n) is 3.00. The molecule has 1 heteroatoms. The molecule has 0 unspecified atom stereocenters. The molecular weight excluding hydrogens is 172 g/mol. The first-order chi connectivity index (χ1) is 6.92. The number of hydrogen-bond donors (Lipinski definition) is 0. The maximum Gasteiger partial charge on any atom is 0.119 e. The zero-order valence-electron chi connectivity index (χ0n) is 8.36. The first kappa shape index (κ1) is 8.34. The zero-order chi connectivity index (χ0) is 9.38. The van der Waals surface area contributed by atoms with Crippen molar-refractivity contribution < 1.29 is 4.74 Å². The van der Waals surface area contributed by atoms with Gasteiger partial charge < -0.3 is 4.74 Å². The topological polar surface area (TPSA) is 9.23 Å². The molecule has 2 bridgehead atoms. The molecule has 0 N–H and O–H groups in total. The smallest absolute Gasteiger partial charge is 0.119 e. The highest BCUT2D eigenvalue weighted by Crippen LogP contribution is 2.45. The lowest BCUT2D eigenvalue weighted by atomic mass is 9.98. The predicted octanol–water partition coefficient (Wildman–Crippen LogP) is 3.25. The van der Waals surface area contributed by atoms with E-state index < -0.39 is 0 Å². The van der Waals surface area contributed by atoms with Crippen LogP contribution in [0, 0.1) is 11.8 Å². The lowest BCUT2D eigenvalue weighted by molar-refractivity contribution is 0.138. The highest BCUT2D eigenvalue weighted by atomic mass is 16.5. The summed E-state index contributed by atoms with van der Waals surface area (Å²) in [6.45, 7) is 0. The van der Waals surface area contributed by atoms with E-state index in [-0.39, 0.29) is 0 Å². The summed E-state index contributed by atoms with van der Waals surface area (Å²) in [5.41, 5.74) is 0. The molecule has 2 saturated carbocycles. The molecule has 0 heterocycles. The van der Waals surface area contributed by atoms with Crippen molar-refractivity contribution in [1.29, 1.82) is 0 Å². The van der Waals surface area contributed by atoms with Crippen LogP contribution in [0.3, 0.4) is 0 Å². The summed E-state index contributed by atoms with van der Waals surface area (Å²) in [5, 5.41) is 0. The van der Waals surface area contributed by atoms with E-state index in [2.05, 4.69) is 12.1 Å². The number of fused-ring (bicyclic) bond motifs is 2. The van der Waals surface area contributed by atoms with Gasteiger partial charge in [0.05, 0.1) is 0 Å². The normalized spacial score (nSPS) is 34.7. The van der Waals surface area contributed by atoms with Crippen molar-refractivity contribution >= 4 is 0 Å². The molecule has 0 amide bonds. The maximum atomic E-state index is 6.01. The average Bonchev–Trinajstić information content (AvgIpc) is 2.81. The number of benzene rings is 1. The van der Waals surface area contributed by atoms with E-state index in [1.807, 2.05) is 18.2 Å². The Balaban J connectivity index is 1.69. The summed E-state index contributed by atoms with van der Waals surface area (Å²) >= 11 is 0. The number of hydrogen-bond acceptors (Lipinski definition) is 1. The van der Waals surface area contributed by atoms with Crippen molar-refractivity contribution in [1.82, 2.24) is 0 Å². The minimum Gasteiger partial charge on any atom is -0.490 e. The highest BCUT2D eigenvalue weighted by molar-refractivity contribution is 5.21. The Morgan fingerprint density at radius 1 is 1.00 bits per heavy atom. The summed E-state index contributed by atoms with van der Waals surface area (Å²) in [4.78, 5) is 0. The molecule has 2 aliphatic rings. The maximum absolute atomic E-state index is 6.01. The van der Waals surface area contributed by atoms with Gasteiger partial charge in [0.25, 0.3) is 0 Å². The Kier molecular flexibility index (Phi) is 1.97. The first-order valence-electron chi connectivity index (χ1n) is 5.63. The molecule has 14 heavy (non-hydrogen) atoms. The molecule has 74 valence electrons. The molecular formula is C13H16O. The third kappa shape index (κ3) is 1.41. The Bertz CT molecular complexity index is 306. The van der Waals surface area contributed by atoms with Gasteiger partial charge >= 0.3 is 0 Å². The van der Waals surface area contributed by atoms with Crippen molar-refractivity contribution in [2.24, 2.45) is 11.8 Å². The number of rotatable bonds is 2. The van der Waals surface area contributed by atoms with Crippen molar-refractivity contribution in [2.45, 2.75) is 31.8 Å². The highest BCUT2D eigenvalue weighted by Gasteiger charge is 2.40. The van der Waals surface area contributed by atoms with Gasteiger partial charge in [-0.3, -0.25) is 0 Å². The van der Waals surface area contributed by atoms with Gasteiger partial charge in [-0.1, -0.05) is 18.2 Å². The predicted molar refractivity (Wildman–Crippen MR) is 56.3 cm³/mol. The van der Waals surface area contributed by atoms with E-state index in [1.54, 1.807) is 0 Å². The van der Waals surface area contributed by atoms with Crippen LogP contribution in [-0.4, -0.2) is 6.10 Å². The van der Waals surface area contributed by atoms with Crippen molar-refractivity contribution in [3.63, 3.8) is 0 Å². The molecule has 1 nitrogen and oxygen atoms in total. The lowest BCUT2D eigenvalue weighted by Crippen LogP contribution is -2.23. The fourth-order valence-corrected chi connectivity index (χ4v) is 3.00. The van der Waals surface area contributed by atoms with E-state index in [4.69, 9.17) is 4.74 Å². The van der Waals surface area contributed by atoms with Gasteiger partial charge in [0.1, 0.15) is 11.9 Å². The third-order valence-electron chi connectivity index (χ3n) is 3.70. The van der Waals surface area contributed by atoms with E-state index in [1.165, 1.54) is 25.7 Å². The Morgan fingerprint density at radius 2 is 1.86 bits per heavy atom. The summed E-state index contributed by atoms with van der Waals surface area (Å²) < 4.78 is 6.01. The molecule has 0 spiro atoms. The Hall–Kier alpha value is -0.980. The second-order valence-corrected chi connectivity index (χ2v) is 4.64. The molecule has 2 fully saturated rings. The molecule has 0 saturated heterocycles. The Morgan fingerprint density at radius 3 is 2.50 bits per heavy atom. The van der Waals surface area contributed by atoms with E-state index in [0.29, 0.717) is 6.10 Å². The minimum atomic E-state index is 0.510. The number of ether oxygens (including phenoxy) is 1. The van der Waals surface area contributed by atoms with Gasteiger partial charge in [0.15, 0.2) is 0 Å². The monoisotopic (exact) mass is 188 g/mol. The van der Waals surface area contributed by atoms with Crippen LogP contribution in [0.1, 0.15) is 25.7 Å². The molecule has 1 aromatic rings. The van der Waals surface area contributed by atoms with Gasteiger partial charge in [0.2, 0.25) is 0 Å². The molecule has 3 rings (SSSR count). The van der Waals surface area contributed by atoms with Crippen LogP contribution in [0.5, 0.6) is 5.75 Å². The van der Waals surface area contributed by atoms with Crippen molar-refractivity contribution in [3.8, 4) is 5.75 Å². The van der Waals surface area contributed by atoms with Gasteiger partial charge in [-0.2, -0.15) is 0 Å². The van der Waals surface area contributed by atoms with Crippen LogP contribution in [0.15, 0.2) is 30.3 Å². The summed E-state index contributed by atoms with van der Waals surface area (Å²) in [6.07, 6.45) is 6.05. The largest absolute Gasteiger partial charge is 0.490 e. The van der Waals surface area contributed by atoms with Crippen LogP contribution in [-0.2, 0) is 0 Å². The standard InChI is InChI=1S/C13H16O/c1-2-4-12(5-3-1)14-13-9-10-6-7-11(13)8-10/h1-5,10-11,13H,6-9H2/t10-,11+,13+/m1/s1. The minimum absolute atomic E-state index is 0.510. The summed E-state index contributed by atoms with van der Waals surface area (Å²) in [6, 6.07) is 10.2. The molecule has 2 aliphatic carbocycles. The zero-order valence-corrected chi connectivity index (χ0v) is 8.36. The van der Waals surface area contributed by atoms with E-state index >= 15 is 0 Å². The molecule has 0 aliphatic heterocycles. The average molecular weight is 188 g/mol. The van der Waals surface area contributed by atoms with Crippen LogP contribution in [0.2, 0.25) is 0 Å². The van der Waals surface area contributed by atoms with E-state index in [0.717, 1.165) is 17.6 Å². The van der Waals surface area contributed by atoms with Gasteiger partial charge in [0, 0.05) is 0 Å². The summed E-state index contributed by atoms with van der Waals surface area (Å²) in [5.74, 6) is 2.86. The van der Waals surface area contributed by atoms with Gasteiger partial charge in [-0.15, -0.1) is 0 Å². The molecule has 1 aromatic carbocycles. The van der Waals surface area contributed by atoms with Crippen molar-refractivity contribution in [2.75, 3.05) is 0 Å². The fraction of sp³-hybridized carbons (Fsp3) is 0.538. The second kappa shape index (κ2) is 3.30. The van der Waals surface area contributed by atoms with Gasteiger partial charge in [-0.25, -0.2) is 0 Å². The van der Waals surface area contributed by atoms with Crippen LogP contribution >= 0.6 is 0 Å². The Labute approximate surface area is 85.1 Å².